The Hall–Kier alpha value is -1.62. The molecule has 0 unspecified atom stereocenters. The fourth-order valence-electron chi connectivity index (χ4n) is 2.89. The van der Waals surface area contributed by atoms with E-state index >= 15 is 0 Å². The van der Waals surface area contributed by atoms with Gasteiger partial charge >= 0.3 is 0 Å². The number of rotatable bonds is 5. The Morgan fingerprint density at radius 3 is 2.90 bits per heavy atom. The molecule has 1 saturated carbocycles. The van der Waals surface area contributed by atoms with Crippen LogP contribution in [0.1, 0.15) is 54.9 Å². The second-order valence-corrected chi connectivity index (χ2v) is 6.81. The predicted octanol–water partition coefficient (Wildman–Crippen LogP) is 1.74. The molecule has 2 heterocycles. The van der Waals surface area contributed by atoms with Crippen LogP contribution >= 0.6 is 0 Å². The highest BCUT2D eigenvalue weighted by Gasteiger charge is 2.36. The first-order valence-corrected chi connectivity index (χ1v) is 7.65. The zero-order valence-corrected chi connectivity index (χ0v) is 12.7. The molecular formula is C16H23N3O2. The number of ether oxygens (including phenoxy) is 1. The Morgan fingerprint density at radius 1 is 1.52 bits per heavy atom. The van der Waals surface area contributed by atoms with Gasteiger partial charge in [-0.15, -0.1) is 0 Å². The van der Waals surface area contributed by atoms with Crippen molar-refractivity contribution in [1.29, 1.82) is 0 Å². The molecule has 21 heavy (non-hydrogen) atoms. The lowest BCUT2D eigenvalue weighted by molar-refractivity contribution is 0.0995. The highest BCUT2D eigenvalue weighted by atomic mass is 16.5. The van der Waals surface area contributed by atoms with Crippen molar-refractivity contribution in [3.8, 4) is 5.75 Å². The number of nitrogens with zero attached hydrogens (tertiary/aromatic N) is 1. The topological polar surface area (TPSA) is 77.2 Å². The van der Waals surface area contributed by atoms with Gasteiger partial charge in [0.1, 0.15) is 11.4 Å². The van der Waals surface area contributed by atoms with Crippen molar-refractivity contribution >= 4 is 5.91 Å². The van der Waals surface area contributed by atoms with E-state index in [0.29, 0.717) is 18.8 Å². The first-order chi connectivity index (χ1) is 9.97. The van der Waals surface area contributed by atoms with Gasteiger partial charge in [-0.3, -0.25) is 4.79 Å². The number of amides is 1. The van der Waals surface area contributed by atoms with Crippen LogP contribution in [0.15, 0.2) is 6.07 Å². The maximum absolute atomic E-state index is 11.5. The van der Waals surface area contributed by atoms with E-state index in [-0.39, 0.29) is 5.41 Å². The van der Waals surface area contributed by atoms with E-state index in [4.69, 9.17) is 10.5 Å². The maximum Gasteiger partial charge on any atom is 0.267 e. The lowest BCUT2D eigenvalue weighted by Gasteiger charge is -2.25. The Morgan fingerprint density at radius 2 is 2.29 bits per heavy atom. The van der Waals surface area contributed by atoms with Gasteiger partial charge in [0.05, 0.1) is 12.3 Å². The normalized spacial score (nSPS) is 19.7. The monoisotopic (exact) mass is 289 g/mol. The number of nitrogens with one attached hydrogen (secondary N) is 1. The molecule has 0 atom stereocenters. The quantitative estimate of drug-likeness (QED) is 0.865. The van der Waals surface area contributed by atoms with Gasteiger partial charge in [0, 0.05) is 17.5 Å². The number of aromatic nitrogens is 1. The van der Waals surface area contributed by atoms with Gasteiger partial charge < -0.3 is 15.8 Å². The summed E-state index contributed by atoms with van der Waals surface area (Å²) in [6.07, 6.45) is 3.98. The number of nitrogens with two attached hydrogens (primary N) is 1. The van der Waals surface area contributed by atoms with Crippen LogP contribution in [0.4, 0.5) is 0 Å². The predicted molar refractivity (Wildman–Crippen MR) is 80.3 cm³/mol. The first kappa shape index (κ1) is 14.3. The molecule has 1 amide bonds. The average molecular weight is 289 g/mol. The summed E-state index contributed by atoms with van der Waals surface area (Å²) in [4.78, 5) is 15.9. The standard InChI is InChI=1S/C16H23N3O2/c1-16(2)9-21-13-11(8-18-7-10-4-3-5-10)6-12(15(17)20)19-14(13)16/h6,10,18H,3-5,7-9H2,1-2H3,(H2,17,20). The van der Waals surface area contributed by atoms with Crippen molar-refractivity contribution in [3.63, 3.8) is 0 Å². The van der Waals surface area contributed by atoms with Crippen LogP contribution in [0.3, 0.4) is 0 Å². The number of hydrogen-bond donors (Lipinski definition) is 2. The van der Waals surface area contributed by atoms with Gasteiger partial charge in [-0.2, -0.15) is 0 Å². The van der Waals surface area contributed by atoms with Gasteiger partial charge in [-0.1, -0.05) is 20.3 Å². The number of pyridine rings is 1. The smallest absolute Gasteiger partial charge is 0.267 e. The highest BCUT2D eigenvalue weighted by Crippen LogP contribution is 2.39. The van der Waals surface area contributed by atoms with Crippen LogP contribution in [-0.2, 0) is 12.0 Å². The molecular weight excluding hydrogens is 266 g/mol. The lowest BCUT2D eigenvalue weighted by Crippen LogP contribution is -2.27. The van der Waals surface area contributed by atoms with E-state index in [1.807, 2.05) is 0 Å². The molecule has 5 nitrogen and oxygen atoms in total. The van der Waals surface area contributed by atoms with Crippen LogP contribution in [0, 0.1) is 5.92 Å². The molecule has 0 radical (unpaired) electrons. The molecule has 0 bridgehead atoms. The van der Waals surface area contributed by atoms with Crippen molar-refractivity contribution in [2.75, 3.05) is 13.2 Å². The number of primary amides is 1. The van der Waals surface area contributed by atoms with Gasteiger partial charge in [-0.25, -0.2) is 4.98 Å². The van der Waals surface area contributed by atoms with E-state index < -0.39 is 5.91 Å². The van der Waals surface area contributed by atoms with Crippen LogP contribution in [0.5, 0.6) is 5.75 Å². The number of carbonyl (C=O) groups excluding carboxylic acids is 1. The van der Waals surface area contributed by atoms with Gasteiger partial charge in [0.25, 0.3) is 5.91 Å². The van der Waals surface area contributed by atoms with Crippen molar-refractivity contribution in [1.82, 2.24) is 10.3 Å². The van der Waals surface area contributed by atoms with Crippen LogP contribution in [0.2, 0.25) is 0 Å². The maximum atomic E-state index is 11.5. The third-order valence-corrected chi connectivity index (χ3v) is 4.49. The minimum Gasteiger partial charge on any atom is -0.490 e. The third-order valence-electron chi connectivity index (χ3n) is 4.49. The second kappa shape index (κ2) is 5.30. The number of fused-ring (bicyclic) bond motifs is 1. The van der Waals surface area contributed by atoms with E-state index in [9.17, 15) is 4.79 Å². The van der Waals surface area contributed by atoms with Crippen LogP contribution in [-0.4, -0.2) is 24.0 Å². The highest BCUT2D eigenvalue weighted by molar-refractivity contribution is 5.91. The van der Waals surface area contributed by atoms with E-state index in [2.05, 4.69) is 24.1 Å². The average Bonchev–Trinajstić information content (AvgIpc) is 2.68. The molecule has 5 heteroatoms. The fourth-order valence-corrected chi connectivity index (χ4v) is 2.89. The van der Waals surface area contributed by atoms with Crippen LogP contribution in [0.25, 0.3) is 0 Å². The Balaban J connectivity index is 1.82. The minimum absolute atomic E-state index is 0.177. The molecule has 114 valence electrons. The summed E-state index contributed by atoms with van der Waals surface area (Å²) in [7, 11) is 0. The third kappa shape index (κ3) is 2.75. The fraction of sp³-hybridized carbons (Fsp3) is 0.625. The number of hydrogen-bond acceptors (Lipinski definition) is 4. The van der Waals surface area contributed by atoms with Crippen molar-refractivity contribution in [3.05, 3.63) is 23.0 Å². The first-order valence-electron chi connectivity index (χ1n) is 7.65. The summed E-state index contributed by atoms with van der Waals surface area (Å²) in [5.41, 5.74) is 7.39. The zero-order chi connectivity index (χ0) is 15.0. The summed E-state index contributed by atoms with van der Waals surface area (Å²) >= 11 is 0. The Kier molecular flexibility index (Phi) is 3.61. The Labute approximate surface area is 125 Å². The molecule has 0 spiro atoms. The lowest BCUT2D eigenvalue weighted by atomic mass is 9.85. The SMILES string of the molecule is CC1(C)COc2c(CNCC3CCC3)cc(C(N)=O)nc21. The number of carbonyl (C=O) groups is 1. The summed E-state index contributed by atoms with van der Waals surface area (Å²) in [6.45, 7) is 6.45. The molecule has 0 aromatic carbocycles. The molecule has 1 aromatic heterocycles. The molecule has 0 saturated heterocycles. The van der Waals surface area contributed by atoms with E-state index in [0.717, 1.165) is 29.5 Å². The summed E-state index contributed by atoms with van der Waals surface area (Å²) in [5, 5.41) is 3.47. The zero-order valence-electron chi connectivity index (χ0n) is 12.7. The van der Waals surface area contributed by atoms with Crippen molar-refractivity contribution in [2.24, 2.45) is 11.7 Å². The van der Waals surface area contributed by atoms with E-state index in [1.165, 1.54) is 19.3 Å². The molecule has 3 rings (SSSR count). The van der Waals surface area contributed by atoms with Crippen molar-refractivity contribution in [2.45, 2.75) is 45.1 Å². The largest absolute Gasteiger partial charge is 0.490 e. The molecule has 1 fully saturated rings. The van der Waals surface area contributed by atoms with Gasteiger partial charge in [0.15, 0.2) is 0 Å². The van der Waals surface area contributed by atoms with Gasteiger partial charge in [-0.05, 0) is 31.4 Å². The van der Waals surface area contributed by atoms with Crippen molar-refractivity contribution < 1.29 is 9.53 Å². The molecule has 2 aliphatic rings. The molecule has 1 aliphatic carbocycles. The Bertz CT molecular complexity index is 565. The summed E-state index contributed by atoms with van der Waals surface area (Å²) in [5.74, 6) is 1.14. The molecule has 1 aliphatic heterocycles. The summed E-state index contributed by atoms with van der Waals surface area (Å²) in [6, 6.07) is 1.76. The van der Waals surface area contributed by atoms with E-state index in [1.54, 1.807) is 6.07 Å². The molecule has 3 N–H and O–H groups in total. The second-order valence-electron chi connectivity index (χ2n) is 6.81. The van der Waals surface area contributed by atoms with Gasteiger partial charge in [0.2, 0.25) is 0 Å². The summed E-state index contributed by atoms with van der Waals surface area (Å²) < 4.78 is 5.82. The molecule has 1 aromatic rings. The van der Waals surface area contributed by atoms with Crippen LogP contribution < -0.4 is 15.8 Å². The minimum atomic E-state index is -0.485.